The number of thioether (sulfide) groups is 1. The molecule has 0 amide bonds. The summed E-state index contributed by atoms with van der Waals surface area (Å²) in [5, 5.41) is 9.31. The third kappa shape index (κ3) is 4.00. The van der Waals surface area contributed by atoms with E-state index in [1.165, 1.54) is 11.8 Å². The second-order valence-corrected chi connectivity index (χ2v) is 6.37. The lowest BCUT2D eigenvalue weighted by Crippen LogP contribution is -2.07. The Labute approximate surface area is 128 Å². The first-order valence-corrected chi connectivity index (χ1v) is 7.52. The number of hydrogen-bond acceptors (Lipinski definition) is 2. The molecule has 0 radical (unpaired) electrons. The van der Waals surface area contributed by atoms with Crippen molar-refractivity contribution in [3.8, 4) is 0 Å². The Bertz CT molecular complexity index is 569. The lowest BCUT2D eigenvalue weighted by atomic mass is 10.1. The van der Waals surface area contributed by atoms with Gasteiger partial charge in [0.25, 0.3) is 0 Å². The quantitative estimate of drug-likeness (QED) is 0.781. The van der Waals surface area contributed by atoms with Crippen LogP contribution in [0.3, 0.4) is 0 Å². The lowest BCUT2D eigenvalue weighted by molar-refractivity contribution is -0.136. The van der Waals surface area contributed by atoms with E-state index in [-0.39, 0.29) is 0 Å². The molecule has 0 aliphatic carbocycles. The van der Waals surface area contributed by atoms with Crippen LogP contribution in [0.25, 0.3) is 0 Å². The van der Waals surface area contributed by atoms with Crippen molar-refractivity contribution in [2.75, 3.05) is 0 Å². The lowest BCUT2D eigenvalue weighted by Gasteiger charge is -2.12. The minimum Gasteiger partial charge on any atom is -0.480 e. The van der Waals surface area contributed by atoms with Crippen LogP contribution in [0.4, 0.5) is 0 Å². The van der Waals surface area contributed by atoms with E-state index in [2.05, 4.69) is 15.9 Å². The molecule has 2 nitrogen and oxygen atoms in total. The highest BCUT2D eigenvalue weighted by molar-refractivity contribution is 9.10. The third-order valence-electron chi connectivity index (χ3n) is 2.46. The summed E-state index contributed by atoms with van der Waals surface area (Å²) in [5.41, 5.74) is 0.727. The number of aliphatic carboxylic acids is 1. The van der Waals surface area contributed by atoms with E-state index in [4.69, 9.17) is 11.6 Å². The summed E-state index contributed by atoms with van der Waals surface area (Å²) in [6.07, 6.45) is 0. The first-order valence-electron chi connectivity index (χ1n) is 5.47. The number of benzene rings is 2. The van der Waals surface area contributed by atoms with Gasteiger partial charge in [0.15, 0.2) is 0 Å². The van der Waals surface area contributed by atoms with Gasteiger partial charge in [-0.3, -0.25) is 4.79 Å². The topological polar surface area (TPSA) is 37.3 Å². The van der Waals surface area contributed by atoms with Gasteiger partial charge in [0.05, 0.1) is 0 Å². The zero-order valence-electron chi connectivity index (χ0n) is 9.72. The summed E-state index contributed by atoms with van der Waals surface area (Å²) in [6.45, 7) is 0. The SMILES string of the molecule is O=C(O)C(Sc1ccc(Br)cc1)c1ccc(Cl)cc1. The maximum Gasteiger partial charge on any atom is 0.321 e. The van der Waals surface area contributed by atoms with E-state index in [0.717, 1.165) is 14.9 Å². The van der Waals surface area contributed by atoms with Crippen LogP contribution in [0.2, 0.25) is 5.02 Å². The Morgan fingerprint density at radius 3 is 2.21 bits per heavy atom. The number of carboxylic acid groups (broad SMARTS) is 1. The Kier molecular flexibility index (Phi) is 4.91. The standard InChI is InChI=1S/C14H10BrClO2S/c15-10-3-7-12(8-4-10)19-13(14(17)18)9-1-5-11(16)6-2-9/h1-8,13H,(H,17,18). The van der Waals surface area contributed by atoms with Crippen LogP contribution in [-0.4, -0.2) is 11.1 Å². The summed E-state index contributed by atoms with van der Waals surface area (Å²) in [5.74, 6) is -0.866. The normalized spacial score (nSPS) is 12.1. The highest BCUT2D eigenvalue weighted by Gasteiger charge is 2.21. The molecule has 2 aromatic carbocycles. The summed E-state index contributed by atoms with van der Waals surface area (Å²) < 4.78 is 0.968. The van der Waals surface area contributed by atoms with Gasteiger partial charge in [-0.05, 0) is 42.0 Å². The molecule has 0 saturated carbocycles. The van der Waals surface area contributed by atoms with Crippen LogP contribution in [0, 0.1) is 0 Å². The van der Waals surface area contributed by atoms with Crippen LogP contribution in [0.5, 0.6) is 0 Å². The van der Waals surface area contributed by atoms with Crippen LogP contribution in [0.15, 0.2) is 57.9 Å². The average molecular weight is 358 g/mol. The van der Waals surface area contributed by atoms with Crippen molar-refractivity contribution in [3.05, 3.63) is 63.6 Å². The number of halogens is 2. The van der Waals surface area contributed by atoms with E-state index in [9.17, 15) is 9.90 Å². The highest BCUT2D eigenvalue weighted by Crippen LogP contribution is 2.36. The Balaban J connectivity index is 2.23. The van der Waals surface area contributed by atoms with Gasteiger partial charge in [0.1, 0.15) is 5.25 Å². The molecule has 1 atom stereocenters. The molecule has 1 N–H and O–H groups in total. The molecule has 0 fully saturated rings. The molecule has 0 aliphatic heterocycles. The number of rotatable bonds is 4. The largest absolute Gasteiger partial charge is 0.480 e. The van der Waals surface area contributed by atoms with Gasteiger partial charge in [0.2, 0.25) is 0 Å². The molecule has 0 heterocycles. The van der Waals surface area contributed by atoms with E-state index < -0.39 is 11.2 Å². The Hall–Kier alpha value is -0.970. The van der Waals surface area contributed by atoms with Crippen molar-refractivity contribution < 1.29 is 9.90 Å². The minimum atomic E-state index is -0.866. The number of hydrogen-bond donors (Lipinski definition) is 1. The van der Waals surface area contributed by atoms with Crippen LogP contribution < -0.4 is 0 Å². The summed E-state index contributed by atoms with van der Waals surface area (Å²) in [7, 11) is 0. The van der Waals surface area contributed by atoms with Gasteiger partial charge < -0.3 is 5.11 Å². The zero-order valence-corrected chi connectivity index (χ0v) is 12.9. The molecule has 0 saturated heterocycles. The Morgan fingerprint density at radius 1 is 1.11 bits per heavy atom. The molecular formula is C14H10BrClO2S. The average Bonchev–Trinajstić information content (AvgIpc) is 2.39. The van der Waals surface area contributed by atoms with Gasteiger partial charge in [-0.25, -0.2) is 0 Å². The molecule has 1 unspecified atom stereocenters. The summed E-state index contributed by atoms with van der Waals surface area (Å²) in [6, 6.07) is 14.5. The van der Waals surface area contributed by atoms with Crippen molar-refractivity contribution in [2.45, 2.75) is 10.1 Å². The fourth-order valence-corrected chi connectivity index (χ4v) is 2.90. The van der Waals surface area contributed by atoms with Gasteiger partial charge in [-0.1, -0.05) is 39.7 Å². The van der Waals surface area contributed by atoms with E-state index >= 15 is 0 Å². The second-order valence-electron chi connectivity index (χ2n) is 3.84. The van der Waals surface area contributed by atoms with Gasteiger partial charge in [0, 0.05) is 14.4 Å². The second kappa shape index (κ2) is 6.46. The molecule has 0 spiro atoms. The Morgan fingerprint density at radius 2 is 1.68 bits per heavy atom. The third-order valence-corrected chi connectivity index (χ3v) is 4.50. The van der Waals surface area contributed by atoms with Crippen LogP contribution >= 0.6 is 39.3 Å². The highest BCUT2D eigenvalue weighted by atomic mass is 79.9. The van der Waals surface area contributed by atoms with Crippen molar-refractivity contribution in [1.29, 1.82) is 0 Å². The predicted octanol–water partition coefficient (Wildman–Crippen LogP) is 5.02. The van der Waals surface area contributed by atoms with Crippen LogP contribution in [-0.2, 0) is 4.79 Å². The molecule has 0 bridgehead atoms. The first kappa shape index (κ1) is 14.4. The van der Waals surface area contributed by atoms with E-state index in [1.807, 2.05) is 24.3 Å². The number of carbonyl (C=O) groups is 1. The molecule has 2 aromatic rings. The van der Waals surface area contributed by atoms with Crippen molar-refractivity contribution in [1.82, 2.24) is 0 Å². The van der Waals surface area contributed by atoms with Crippen molar-refractivity contribution in [2.24, 2.45) is 0 Å². The predicted molar refractivity (Wildman–Crippen MR) is 81.8 cm³/mol. The molecule has 0 aliphatic rings. The zero-order chi connectivity index (χ0) is 13.8. The molecule has 5 heteroatoms. The minimum absolute atomic E-state index is 0.599. The number of carboxylic acids is 1. The first-order chi connectivity index (χ1) is 9.06. The summed E-state index contributed by atoms with van der Waals surface area (Å²) >= 11 is 10.5. The maximum absolute atomic E-state index is 11.4. The fourth-order valence-electron chi connectivity index (χ4n) is 1.55. The monoisotopic (exact) mass is 356 g/mol. The fraction of sp³-hybridized carbons (Fsp3) is 0.0714. The molecule has 19 heavy (non-hydrogen) atoms. The van der Waals surface area contributed by atoms with E-state index in [1.54, 1.807) is 24.3 Å². The van der Waals surface area contributed by atoms with Gasteiger partial charge in [-0.2, -0.15) is 0 Å². The van der Waals surface area contributed by atoms with Gasteiger partial charge >= 0.3 is 5.97 Å². The smallest absolute Gasteiger partial charge is 0.321 e. The van der Waals surface area contributed by atoms with Crippen LogP contribution in [0.1, 0.15) is 10.8 Å². The maximum atomic E-state index is 11.4. The van der Waals surface area contributed by atoms with Crippen molar-refractivity contribution in [3.63, 3.8) is 0 Å². The molecule has 98 valence electrons. The molecular weight excluding hydrogens is 348 g/mol. The van der Waals surface area contributed by atoms with Crippen molar-refractivity contribution >= 4 is 45.3 Å². The molecule has 0 aromatic heterocycles. The van der Waals surface area contributed by atoms with E-state index in [0.29, 0.717) is 5.02 Å². The van der Waals surface area contributed by atoms with Gasteiger partial charge in [-0.15, -0.1) is 11.8 Å². The molecule has 2 rings (SSSR count). The summed E-state index contributed by atoms with van der Waals surface area (Å²) in [4.78, 5) is 12.3.